The predicted octanol–water partition coefficient (Wildman–Crippen LogP) is 4.65. The zero-order valence-electron chi connectivity index (χ0n) is 23.6. The molecule has 3 aliphatic rings. The molecule has 2 aliphatic heterocycles. The number of hydrogen-bond acceptors (Lipinski definition) is 7. The van der Waals surface area contributed by atoms with E-state index in [-0.39, 0.29) is 35.4 Å². The van der Waals surface area contributed by atoms with Gasteiger partial charge in [-0.1, -0.05) is 0 Å². The molecule has 3 aromatic heterocycles. The molecule has 10 nitrogen and oxygen atoms in total. The van der Waals surface area contributed by atoms with E-state index in [4.69, 9.17) is 4.98 Å². The number of hydrogen-bond donors (Lipinski definition) is 1. The smallest absolute Gasteiger partial charge is 0.350 e. The number of rotatable bonds is 5. The van der Waals surface area contributed by atoms with E-state index in [0.29, 0.717) is 49.2 Å². The van der Waals surface area contributed by atoms with Gasteiger partial charge in [0.1, 0.15) is 5.82 Å². The Hall–Kier alpha value is -3.42. The van der Waals surface area contributed by atoms with Gasteiger partial charge in [-0.3, -0.25) is 9.48 Å². The topological polar surface area (TPSA) is 115 Å². The summed E-state index contributed by atoms with van der Waals surface area (Å²) < 4.78 is 71.1. The Balaban J connectivity index is 1.29. The molecule has 3 aromatic rings. The molecule has 4 bridgehead atoms. The normalized spacial score (nSPS) is 22.7. The van der Waals surface area contributed by atoms with E-state index in [9.17, 15) is 26.4 Å². The number of alkyl halides is 3. The van der Waals surface area contributed by atoms with E-state index in [1.54, 1.807) is 33.9 Å². The van der Waals surface area contributed by atoms with E-state index in [0.717, 1.165) is 19.3 Å². The first-order valence-electron chi connectivity index (χ1n) is 14.3. The number of amides is 1. The average Bonchev–Trinajstić information content (AvgIpc) is 3.22. The van der Waals surface area contributed by atoms with Crippen LogP contribution in [0.25, 0.3) is 5.82 Å². The number of aryl methyl sites for hydroxylation is 2. The summed E-state index contributed by atoms with van der Waals surface area (Å²) in [6.45, 7) is 5.37. The van der Waals surface area contributed by atoms with Crippen LogP contribution in [0, 0.1) is 11.3 Å². The molecular weight excluding hydrogens is 571 g/mol. The van der Waals surface area contributed by atoms with Crippen molar-refractivity contribution < 1.29 is 26.4 Å². The monoisotopic (exact) mass is 605 g/mol. The van der Waals surface area contributed by atoms with Crippen molar-refractivity contribution >= 4 is 21.7 Å². The number of fused-ring (bicyclic) bond motifs is 6. The number of pyridine rings is 1. The second kappa shape index (κ2) is 10.1. The van der Waals surface area contributed by atoms with Crippen molar-refractivity contribution in [1.29, 1.82) is 0 Å². The third kappa shape index (κ3) is 5.40. The second-order valence-electron chi connectivity index (χ2n) is 12.4. The molecule has 1 aliphatic carbocycles. The van der Waals surface area contributed by atoms with Crippen LogP contribution in [-0.2, 0) is 23.0 Å². The fourth-order valence-electron chi connectivity index (χ4n) is 6.34. The number of carbonyl (C=O) groups is 1. The Morgan fingerprint density at radius 3 is 2.62 bits per heavy atom. The first kappa shape index (κ1) is 28.7. The zero-order valence-corrected chi connectivity index (χ0v) is 24.4. The number of anilines is 1. The van der Waals surface area contributed by atoms with Crippen LogP contribution >= 0.6 is 0 Å². The molecule has 14 heteroatoms. The molecule has 1 unspecified atom stereocenters. The maximum Gasteiger partial charge on any atom is 0.394 e. The SMILES string of the molecule is CC1(C)CC2CCCn3ccc(n3)S(=O)(=O)NC(=O)c3ccc(-n4ccc(CCCC5(C(F)(F)F)CC5)n4)nc3N1C2. The van der Waals surface area contributed by atoms with Gasteiger partial charge in [-0.2, -0.15) is 31.8 Å². The Morgan fingerprint density at radius 2 is 1.88 bits per heavy atom. The van der Waals surface area contributed by atoms with E-state index >= 15 is 0 Å². The third-order valence-electron chi connectivity index (χ3n) is 8.86. The summed E-state index contributed by atoms with van der Waals surface area (Å²) in [6.07, 6.45) is 2.98. The summed E-state index contributed by atoms with van der Waals surface area (Å²) in [4.78, 5) is 20.3. The van der Waals surface area contributed by atoms with Gasteiger partial charge in [-0.05, 0) is 95.4 Å². The Kier molecular flexibility index (Phi) is 6.89. The van der Waals surface area contributed by atoms with Gasteiger partial charge in [0.15, 0.2) is 10.8 Å². The largest absolute Gasteiger partial charge is 0.394 e. The predicted molar refractivity (Wildman–Crippen MR) is 148 cm³/mol. The van der Waals surface area contributed by atoms with Crippen molar-refractivity contribution in [2.24, 2.45) is 11.3 Å². The average molecular weight is 606 g/mol. The lowest BCUT2D eigenvalue weighted by Gasteiger charge is -2.34. The van der Waals surface area contributed by atoms with Crippen LogP contribution in [0.2, 0.25) is 0 Å². The van der Waals surface area contributed by atoms with Gasteiger partial charge in [0.05, 0.1) is 16.7 Å². The van der Waals surface area contributed by atoms with Crippen molar-refractivity contribution in [3.8, 4) is 5.82 Å². The first-order valence-corrected chi connectivity index (χ1v) is 15.8. The fourth-order valence-corrected chi connectivity index (χ4v) is 7.25. The van der Waals surface area contributed by atoms with Crippen LogP contribution in [0.5, 0.6) is 0 Å². The molecule has 1 N–H and O–H groups in total. The van der Waals surface area contributed by atoms with Gasteiger partial charge in [-0.15, -0.1) is 0 Å². The van der Waals surface area contributed by atoms with Gasteiger partial charge in [0.2, 0.25) is 0 Å². The highest BCUT2D eigenvalue weighted by molar-refractivity contribution is 7.90. The molecular formula is C28H34F3N7O3S. The number of aromatic nitrogens is 5. The summed E-state index contributed by atoms with van der Waals surface area (Å²) in [5.41, 5.74) is -1.12. The Bertz CT molecular complexity index is 1610. The van der Waals surface area contributed by atoms with Crippen molar-refractivity contribution in [2.75, 3.05) is 11.4 Å². The van der Waals surface area contributed by atoms with E-state index in [2.05, 4.69) is 33.7 Å². The molecule has 0 radical (unpaired) electrons. The lowest BCUT2D eigenvalue weighted by Crippen LogP contribution is -2.41. The minimum Gasteiger partial charge on any atom is -0.350 e. The molecule has 0 spiro atoms. The van der Waals surface area contributed by atoms with Gasteiger partial charge in [-0.25, -0.2) is 14.4 Å². The standard InChI is InChI=1S/C28H34F3N7O3S/c1-26(2)17-19-5-4-14-36-15-10-23(34-36)42(40,41)35-25(39)21-7-8-22(32-24(21)37(26)18-19)38-16-9-20(33-38)6-3-11-27(12-13-27)28(29,30)31/h7-10,15-16,19H,3-6,11-14,17-18H2,1-2H3,(H,35,39). The van der Waals surface area contributed by atoms with Crippen LogP contribution in [0.15, 0.2) is 41.7 Å². The number of sulfonamides is 1. The molecule has 2 fully saturated rings. The lowest BCUT2D eigenvalue weighted by atomic mass is 9.93. The number of nitrogens with one attached hydrogen (secondary N) is 1. The minimum atomic E-state index is -4.21. The summed E-state index contributed by atoms with van der Waals surface area (Å²) in [5, 5.41) is 8.48. The molecule has 1 amide bonds. The second-order valence-corrected chi connectivity index (χ2v) is 14.0. The highest BCUT2D eigenvalue weighted by Crippen LogP contribution is 2.60. The van der Waals surface area contributed by atoms with Crippen LogP contribution < -0.4 is 9.62 Å². The first-order chi connectivity index (χ1) is 19.8. The van der Waals surface area contributed by atoms with Gasteiger partial charge in [0.25, 0.3) is 15.9 Å². The number of carbonyl (C=O) groups excluding carboxylic acids is 1. The Labute approximate surface area is 242 Å². The van der Waals surface area contributed by atoms with Gasteiger partial charge >= 0.3 is 6.18 Å². The highest BCUT2D eigenvalue weighted by atomic mass is 32.2. The molecule has 5 heterocycles. The minimum absolute atomic E-state index is 0.0872. The van der Waals surface area contributed by atoms with Crippen LogP contribution in [-0.4, -0.2) is 57.1 Å². The summed E-state index contributed by atoms with van der Waals surface area (Å²) in [5.74, 6) is 0.303. The van der Waals surface area contributed by atoms with E-state index < -0.39 is 27.5 Å². The zero-order chi connectivity index (χ0) is 29.9. The Morgan fingerprint density at radius 1 is 1.10 bits per heavy atom. The van der Waals surface area contributed by atoms with Gasteiger partial charge in [0, 0.05) is 31.0 Å². The summed E-state index contributed by atoms with van der Waals surface area (Å²) in [7, 11) is -4.21. The van der Waals surface area contributed by atoms with Crippen LogP contribution in [0.4, 0.5) is 19.0 Å². The van der Waals surface area contributed by atoms with Crippen molar-refractivity contribution in [1.82, 2.24) is 29.3 Å². The molecule has 1 saturated heterocycles. The van der Waals surface area contributed by atoms with Gasteiger partial charge < -0.3 is 4.90 Å². The van der Waals surface area contributed by atoms with Crippen molar-refractivity contribution in [3.63, 3.8) is 0 Å². The van der Waals surface area contributed by atoms with E-state index in [1.165, 1.54) is 12.1 Å². The van der Waals surface area contributed by atoms with Crippen molar-refractivity contribution in [2.45, 2.75) is 88.5 Å². The van der Waals surface area contributed by atoms with Crippen LogP contribution in [0.1, 0.15) is 74.8 Å². The molecule has 6 rings (SSSR count). The fraction of sp³-hybridized carbons (Fsp3) is 0.571. The summed E-state index contributed by atoms with van der Waals surface area (Å²) >= 11 is 0. The number of nitrogens with zero attached hydrogens (tertiary/aromatic N) is 6. The van der Waals surface area contributed by atoms with Crippen LogP contribution in [0.3, 0.4) is 0 Å². The molecule has 0 aromatic carbocycles. The quantitative estimate of drug-likeness (QED) is 0.451. The number of halogens is 3. The van der Waals surface area contributed by atoms with Crippen molar-refractivity contribution in [3.05, 3.63) is 47.9 Å². The lowest BCUT2D eigenvalue weighted by molar-refractivity contribution is -0.189. The third-order valence-corrected chi connectivity index (χ3v) is 10.1. The summed E-state index contributed by atoms with van der Waals surface area (Å²) in [6, 6.07) is 6.26. The molecule has 1 saturated carbocycles. The highest BCUT2D eigenvalue weighted by Gasteiger charge is 2.62. The molecule has 226 valence electrons. The molecule has 42 heavy (non-hydrogen) atoms. The maximum absolute atomic E-state index is 13.4. The van der Waals surface area contributed by atoms with E-state index in [1.807, 2.05) is 0 Å². The molecule has 1 atom stereocenters. The maximum atomic E-state index is 13.4.